The van der Waals surface area contributed by atoms with E-state index >= 15 is 0 Å². The number of rotatable bonds is 7. The van der Waals surface area contributed by atoms with Crippen molar-refractivity contribution in [3.63, 3.8) is 0 Å². The Morgan fingerprint density at radius 2 is 1.68 bits per heavy atom. The minimum absolute atomic E-state index is 0.0539. The fourth-order valence-corrected chi connectivity index (χ4v) is 4.15. The van der Waals surface area contributed by atoms with Gasteiger partial charge in [-0.2, -0.15) is 0 Å². The highest BCUT2D eigenvalue weighted by Crippen LogP contribution is 2.27. The second-order valence-electron chi connectivity index (χ2n) is 7.41. The van der Waals surface area contributed by atoms with Crippen LogP contribution in [0.25, 0.3) is 11.1 Å². The number of carbonyl (C=O) groups excluding carboxylic acids is 1. The molecule has 31 heavy (non-hydrogen) atoms. The number of ketones is 1. The first-order valence-electron chi connectivity index (χ1n) is 9.72. The predicted molar refractivity (Wildman–Crippen MR) is 115 cm³/mol. The molecule has 0 saturated heterocycles. The maximum atomic E-state index is 14.3. The molecular weight excluding hydrogens is 417 g/mol. The van der Waals surface area contributed by atoms with Crippen LogP contribution < -0.4 is 0 Å². The van der Waals surface area contributed by atoms with Crippen LogP contribution in [-0.4, -0.2) is 25.4 Å². The van der Waals surface area contributed by atoms with E-state index in [-0.39, 0.29) is 29.4 Å². The van der Waals surface area contributed by atoms with Crippen LogP contribution in [0.1, 0.15) is 22.9 Å². The average molecular weight is 437 g/mol. The molecule has 0 aliphatic carbocycles. The summed E-state index contributed by atoms with van der Waals surface area (Å²) >= 11 is 0. The first-order chi connectivity index (χ1) is 14.8. The number of sulfone groups is 1. The van der Waals surface area contributed by atoms with E-state index < -0.39 is 21.6 Å². The van der Waals surface area contributed by atoms with E-state index in [0.29, 0.717) is 22.2 Å². The maximum Gasteiger partial charge on any atom is 0.202 e. The number of carbonyl (C=O) groups is 1. The highest BCUT2D eigenvalue weighted by molar-refractivity contribution is 7.90. The number of benzene rings is 3. The molecule has 0 radical (unpaired) electrons. The molecule has 0 aliphatic rings. The van der Waals surface area contributed by atoms with Gasteiger partial charge in [0.05, 0.1) is 11.3 Å². The number of halogens is 1. The zero-order chi connectivity index (χ0) is 22.0. The van der Waals surface area contributed by atoms with Crippen molar-refractivity contribution in [2.75, 3.05) is 6.26 Å². The minimum atomic E-state index is -3.36. The summed E-state index contributed by atoms with van der Waals surface area (Å²) in [6.45, 7) is 0. The number of oxazole rings is 1. The van der Waals surface area contributed by atoms with Crippen LogP contribution in [0.2, 0.25) is 0 Å². The largest absolute Gasteiger partial charge is 0.440 e. The summed E-state index contributed by atoms with van der Waals surface area (Å²) in [5, 5.41) is 0. The summed E-state index contributed by atoms with van der Waals surface area (Å²) in [5.74, 6) is -0.977. The Morgan fingerprint density at radius 3 is 2.35 bits per heavy atom. The second kappa shape index (κ2) is 8.43. The molecule has 0 saturated carbocycles. The number of aromatic nitrogens is 1. The van der Waals surface area contributed by atoms with Gasteiger partial charge in [0.2, 0.25) is 5.89 Å². The van der Waals surface area contributed by atoms with Gasteiger partial charge in [0.15, 0.2) is 15.4 Å². The van der Waals surface area contributed by atoms with Crippen molar-refractivity contribution in [1.82, 2.24) is 4.98 Å². The normalized spacial score (nSPS) is 12.7. The lowest BCUT2D eigenvalue weighted by Gasteiger charge is -2.17. The molecule has 158 valence electrons. The molecule has 7 heteroatoms. The van der Waals surface area contributed by atoms with Gasteiger partial charge in [-0.25, -0.2) is 17.8 Å². The van der Waals surface area contributed by atoms with Crippen LogP contribution >= 0.6 is 0 Å². The smallest absolute Gasteiger partial charge is 0.202 e. The number of Topliss-reactive ketones (excluding diaryl/α,β-unsaturated/α-hetero) is 1. The van der Waals surface area contributed by atoms with Gasteiger partial charge >= 0.3 is 0 Å². The standard InChI is InChI=1S/C24H20FNO4S/c1-31(28,29)18-12-10-16(11-13-18)19(14-17-6-2-3-7-20(17)25)22(27)15-24-26-21-8-4-5-9-23(21)30-24/h2-13,19H,14-15H2,1H3. The fraction of sp³-hybridized carbons (Fsp3) is 0.167. The lowest BCUT2D eigenvalue weighted by atomic mass is 9.87. The molecule has 0 N–H and O–H groups in total. The average Bonchev–Trinajstić information content (AvgIpc) is 3.15. The van der Waals surface area contributed by atoms with Crippen LogP contribution in [0.15, 0.2) is 82.1 Å². The molecule has 0 bridgehead atoms. The molecule has 1 atom stereocenters. The molecule has 3 aromatic carbocycles. The van der Waals surface area contributed by atoms with Gasteiger partial charge in [0.1, 0.15) is 17.1 Å². The van der Waals surface area contributed by atoms with Crippen LogP contribution in [-0.2, 0) is 27.5 Å². The second-order valence-corrected chi connectivity index (χ2v) is 9.42. The Kier molecular flexibility index (Phi) is 5.69. The van der Waals surface area contributed by atoms with E-state index in [1.165, 1.54) is 18.2 Å². The van der Waals surface area contributed by atoms with Crippen molar-refractivity contribution in [2.45, 2.75) is 23.7 Å². The Balaban J connectivity index is 1.67. The number of hydrogen-bond acceptors (Lipinski definition) is 5. The Morgan fingerprint density at radius 1 is 1.00 bits per heavy atom. The first-order valence-corrected chi connectivity index (χ1v) is 11.6. The molecule has 1 heterocycles. The van der Waals surface area contributed by atoms with E-state index in [2.05, 4.69) is 4.98 Å². The third-order valence-corrected chi connectivity index (χ3v) is 6.27. The van der Waals surface area contributed by atoms with Crippen LogP contribution in [0.3, 0.4) is 0 Å². The molecule has 5 nitrogen and oxygen atoms in total. The number of nitrogens with zero attached hydrogens (tertiary/aromatic N) is 1. The molecule has 0 fully saturated rings. The molecular formula is C24H20FNO4S. The zero-order valence-corrected chi connectivity index (χ0v) is 17.6. The Hall–Kier alpha value is -3.32. The van der Waals surface area contributed by atoms with Gasteiger partial charge in [-0.15, -0.1) is 0 Å². The monoisotopic (exact) mass is 437 g/mol. The van der Waals surface area contributed by atoms with E-state index in [4.69, 9.17) is 4.42 Å². The van der Waals surface area contributed by atoms with Crippen LogP contribution in [0.4, 0.5) is 4.39 Å². The summed E-state index contributed by atoms with van der Waals surface area (Å²) in [5.41, 5.74) is 2.27. The Labute approximate surface area is 179 Å². The van der Waals surface area contributed by atoms with E-state index in [0.717, 1.165) is 6.26 Å². The van der Waals surface area contributed by atoms with Gasteiger partial charge < -0.3 is 4.42 Å². The van der Waals surface area contributed by atoms with Gasteiger partial charge in [0, 0.05) is 12.2 Å². The lowest BCUT2D eigenvalue weighted by Crippen LogP contribution is -2.18. The van der Waals surface area contributed by atoms with Crippen molar-refractivity contribution in [1.29, 1.82) is 0 Å². The highest BCUT2D eigenvalue weighted by Gasteiger charge is 2.25. The summed E-state index contributed by atoms with van der Waals surface area (Å²) in [6, 6.07) is 19.7. The van der Waals surface area contributed by atoms with Crippen molar-refractivity contribution in [2.24, 2.45) is 0 Å². The first kappa shape index (κ1) is 20.9. The molecule has 0 spiro atoms. The lowest BCUT2D eigenvalue weighted by molar-refractivity contribution is -0.120. The summed E-state index contributed by atoms with van der Waals surface area (Å²) < 4.78 is 43.5. The van der Waals surface area contributed by atoms with Crippen molar-refractivity contribution >= 4 is 26.7 Å². The van der Waals surface area contributed by atoms with Crippen LogP contribution in [0.5, 0.6) is 0 Å². The number of fused-ring (bicyclic) bond motifs is 1. The molecule has 4 rings (SSSR count). The Bertz CT molecular complexity index is 1310. The molecule has 4 aromatic rings. The third-order valence-electron chi connectivity index (χ3n) is 5.14. The van der Waals surface area contributed by atoms with Gasteiger partial charge in [-0.05, 0) is 47.9 Å². The van der Waals surface area contributed by atoms with E-state index in [9.17, 15) is 17.6 Å². The summed E-state index contributed by atoms with van der Waals surface area (Å²) in [7, 11) is -3.36. The maximum absolute atomic E-state index is 14.3. The topological polar surface area (TPSA) is 77.2 Å². The summed E-state index contributed by atoms with van der Waals surface area (Å²) in [4.78, 5) is 17.8. The number of para-hydroxylation sites is 2. The van der Waals surface area contributed by atoms with Crippen molar-refractivity contribution in [3.05, 3.63) is 95.6 Å². The summed E-state index contributed by atoms with van der Waals surface area (Å²) in [6.07, 6.45) is 1.21. The zero-order valence-electron chi connectivity index (χ0n) is 16.8. The van der Waals surface area contributed by atoms with Crippen LogP contribution in [0, 0.1) is 5.82 Å². The minimum Gasteiger partial charge on any atom is -0.440 e. The quantitative estimate of drug-likeness (QED) is 0.425. The van der Waals surface area contributed by atoms with Gasteiger partial charge in [0.25, 0.3) is 0 Å². The van der Waals surface area contributed by atoms with Gasteiger partial charge in [-0.1, -0.05) is 42.5 Å². The number of hydrogen-bond donors (Lipinski definition) is 0. The SMILES string of the molecule is CS(=O)(=O)c1ccc(C(Cc2ccccc2F)C(=O)Cc2nc3ccccc3o2)cc1. The predicted octanol–water partition coefficient (Wildman–Crippen LogP) is 4.51. The fourth-order valence-electron chi connectivity index (χ4n) is 3.52. The molecule has 0 aliphatic heterocycles. The third kappa shape index (κ3) is 4.72. The van der Waals surface area contributed by atoms with E-state index in [1.54, 1.807) is 42.5 Å². The molecule has 1 unspecified atom stereocenters. The highest BCUT2D eigenvalue weighted by atomic mass is 32.2. The van der Waals surface area contributed by atoms with Crippen molar-refractivity contribution < 1.29 is 22.0 Å². The molecule has 0 amide bonds. The van der Waals surface area contributed by atoms with E-state index in [1.807, 2.05) is 12.1 Å². The van der Waals surface area contributed by atoms with Gasteiger partial charge in [-0.3, -0.25) is 4.79 Å². The molecule has 1 aromatic heterocycles. The van der Waals surface area contributed by atoms with Crippen molar-refractivity contribution in [3.8, 4) is 0 Å².